The largest absolute Gasteiger partial charge is 0.455 e. The molecule has 0 unspecified atom stereocenters. The predicted molar refractivity (Wildman–Crippen MR) is 588 cm³/mol. The summed E-state index contributed by atoms with van der Waals surface area (Å²) in [6.45, 7) is 15.3. The molecule has 0 amide bonds. The minimum absolute atomic E-state index is 0.491. The number of aromatic nitrogens is 8. The van der Waals surface area contributed by atoms with Crippen molar-refractivity contribution in [3.05, 3.63) is 308 Å². The molecule has 13 nitrogen and oxygen atoms in total. The van der Waals surface area contributed by atoms with Gasteiger partial charge in [-0.2, -0.15) is 0 Å². The van der Waals surface area contributed by atoms with Gasteiger partial charge in [-0.15, -0.1) is 0 Å². The zero-order chi connectivity index (χ0) is 99.0. The fourth-order valence-corrected chi connectivity index (χ4v) is 30.3. The van der Waals surface area contributed by atoms with E-state index >= 15 is 0 Å². The normalized spacial score (nSPS) is 17.9. The van der Waals surface area contributed by atoms with E-state index in [4.69, 9.17) is 27.1 Å². The first kappa shape index (κ1) is 92.6. The van der Waals surface area contributed by atoms with Crippen molar-refractivity contribution in [1.29, 1.82) is 0 Å². The van der Waals surface area contributed by atoms with E-state index in [0.717, 1.165) is 83.3 Å². The van der Waals surface area contributed by atoms with Crippen molar-refractivity contribution in [3.63, 3.8) is 0 Å². The van der Waals surface area contributed by atoms with Crippen molar-refractivity contribution < 1.29 is 44.9 Å². The Morgan fingerprint density at radius 3 is 1.16 bits per heavy atom. The molecule has 30 rings (SSSR count). The summed E-state index contributed by atoms with van der Waals surface area (Å²) in [4.78, 5) is 13.7. The molecule has 0 radical (unpaired) electrons. The molecule has 736 valence electrons. The Morgan fingerprint density at radius 2 is 0.651 bits per heavy atom. The maximum absolute atomic E-state index is 6.44. The van der Waals surface area contributed by atoms with Crippen molar-refractivity contribution >= 4 is 110 Å². The van der Waals surface area contributed by atoms with Crippen LogP contribution in [0.25, 0.3) is 166 Å². The maximum atomic E-state index is 6.44. The zero-order valence-corrected chi connectivity index (χ0v) is 87.9. The Bertz CT molecular complexity index is 8310. The summed E-state index contributed by atoms with van der Waals surface area (Å²) in [6, 6.07) is 58.8. The highest BCUT2D eigenvalue weighted by Gasteiger charge is 2.49. The molecular weight excluding hydrogens is 1790 g/mol. The molecule has 146 heavy (non-hydrogen) atoms. The summed E-state index contributed by atoms with van der Waals surface area (Å²) in [5.74, 6) is 0. The van der Waals surface area contributed by atoms with Crippen molar-refractivity contribution in [3.8, 4) is 56.3 Å². The molecule has 0 N–H and O–H groups in total. The molecule has 0 bridgehead atoms. The standard InChI is InChI=1S/C28H30NO.2C27H29N2O.C26H26NO.C25H25N2O/c1-19-10-11-23-22-8-4-5-9-25(22)30-27(23)26(19)24-16-21-17-28(13-6-3-7-14-28)15-12-20(21)18-29(24)2;1-16-7-9-19-20-10-8-18(3)28-26(20)30-25(19)23(16)24-22-14-27(11-5-6-12-27)13-21(22)17(2)15-29(24)4;1-18-16-28-25-21-8-4-5-9-23(21)30-26(25)24(18)22-14-20-15-27(11-6-3-7-12-27)13-10-19(20)17-29(22)2;1-17-9-10-20-19-7-3-4-8-22(19)28-25(20)23(17)24-21-16-26(12-5-6-13-26)15-18(21)11-14-27(24)2;1-16-5-6-19-18-7-11-26-15-21(18)28-24(19)22(16)23-20-14-25(9-3-4-10-25)13-17(20)8-12-27(23)2/h4-5,8-11,16,18H,3,6-7,12-15,17H2,1-2H3;7-10,15H,5-6,11-14H2,1-4H3;4-5,8-9,14,16-17H,3,6-7,10-13,15H2,1-2H3;3-4,7-11,14H,5-6,12-13,15-16H2,1-2H3;5-8,11-12,15H,3-4,9-10,13-14H2,1-2H3/q5*+1. The minimum atomic E-state index is 0.491. The first-order valence-electron chi connectivity index (χ1n) is 55.2. The van der Waals surface area contributed by atoms with E-state index < -0.39 is 0 Å². The van der Waals surface area contributed by atoms with Gasteiger partial charge in [0.15, 0.2) is 47.7 Å². The third kappa shape index (κ3) is 15.8. The second kappa shape index (κ2) is 36.1. The van der Waals surface area contributed by atoms with Crippen LogP contribution in [0.5, 0.6) is 0 Å². The number of aryl methyl sites for hydroxylation is 14. The van der Waals surface area contributed by atoms with E-state index in [1.54, 1.807) is 50.1 Å². The number of furan rings is 5. The average Bonchev–Trinajstić information content (AvgIpc) is 1.57. The lowest BCUT2D eigenvalue weighted by Crippen LogP contribution is -2.36. The Morgan fingerprint density at radius 1 is 0.267 bits per heavy atom. The molecular formula is C133H139N8O5+5. The molecule has 13 aromatic heterocycles. The number of hydrogen-bond donors (Lipinski definition) is 0. The van der Waals surface area contributed by atoms with E-state index in [0.29, 0.717) is 27.1 Å². The summed E-state index contributed by atoms with van der Waals surface area (Å²) in [5, 5.41) is 10.6. The molecule has 10 aliphatic carbocycles. The molecule has 13 heterocycles. The van der Waals surface area contributed by atoms with Gasteiger partial charge in [0.1, 0.15) is 74.3 Å². The van der Waals surface area contributed by atoms with Crippen LogP contribution in [-0.2, 0) is 99.4 Å². The van der Waals surface area contributed by atoms with Crippen molar-refractivity contribution in [2.75, 3.05) is 0 Å². The van der Waals surface area contributed by atoms with Crippen LogP contribution in [0.15, 0.2) is 235 Å². The van der Waals surface area contributed by atoms with E-state index in [1.165, 1.54) is 346 Å². The summed E-state index contributed by atoms with van der Waals surface area (Å²) in [7, 11) is 10.9. The fraction of sp³-hybridized carbons (Fsp3) is 0.383. The van der Waals surface area contributed by atoms with E-state index in [1.807, 2.05) is 37.6 Å². The summed E-state index contributed by atoms with van der Waals surface area (Å²) >= 11 is 0. The Hall–Kier alpha value is -13.3. The topological polar surface area (TPSA) is 124 Å². The van der Waals surface area contributed by atoms with Gasteiger partial charge in [-0.25, -0.2) is 27.8 Å². The monoisotopic (exact) mass is 1930 g/mol. The number of para-hydroxylation sites is 3. The van der Waals surface area contributed by atoms with Crippen LogP contribution in [0.3, 0.4) is 0 Å². The summed E-state index contributed by atoms with van der Waals surface area (Å²) in [5.41, 5.74) is 50.1. The quantitative estimate of drug-likeness (QED) is 0.156. The van der Waals surface area contributed by atoms with E-state index in [9.17, 15) is 0 Å². The van der Waals surface area contributed by atoms with Gasteiger partial charge in [-0.1, -0.05) is 174 Å². The van der Waals surface area contributed by atoms with Gasteiger partial charge in [0.25, 0.3) is 0 Å². The van der Waals surface area contributed by atoms with Crippen LogP contribution in [-0.4, -0.2) is 15.0 Å². The molecule has 7 aromatic carbocycles. The fourth-order valence-electron chi connectivity index (χ4n) is 30.3. The van der Waals surface area contributed by atoms with Crippen molar-refractivity contribution in [2.45, 2.75) is 267 Å². The Labute approximate surface area is 857 Å². The predicted octanol–water partition coefficient (Wildman–Crippen LogP) is 30.6. The minimum Gasteiger partial charge on any atom is -0.455 e. The number of rotatable bonds is 5. The molecule has 0 saturated heterocycles. The Balaban J connectivity index is 0.0000000928. The summed E-state index contributed by atoms with van der Waals surface area (Å²) in [6.07, 6.45) is 63.1. The van der Waals surface area contributed by atoms with E-state index in [-0.39, 0.29) is 0 Å². The van der Waals surface area contributed by atoms with Crippen LogP contribution in [0.2, 0.25) is 0 Å². The lowest BCUT2D eigenvalue weighted by molar-refractivity contribution is -0.661. The highest BCUT2D eigenvalue weighted by atomic mass is 16.3. The second-order valence-electron chi connectivity index (χ2n) is 47.3. The zero-order valence-electron chi connectivity index (χ0n) is 87.9. The maximum Gasteiger partial charge on any atom is 0.227 e. The third-order valence-corrected chi connectivity index (χ3v) is 37.8. The van der Waals surface area contributed by atoms with Gasteiger partial charge in [0.2, 0.25) is 34.2 Å². The molecule has 13 heteroatoms. The SMILES string of the molecule is Cc1ccc2c(n1)oc1c(-c3c4c(c(C)c[n+]3C)CC3(CCCC3)C4)c(C)ccc12.Cc1ccc2c(oc3ccccc32)c1-c1c2c(cc[n+]1C)CC1(CCCC1)C2.Cc1ccc2c(oc3ccccc32)c1-c1cc2c(c[n+]1C)CCC1(CCCCC1)C2.Cc1ccc2c(oc3cnccc32)c1-c1c2c(cc[n+]1C)CC1(CCCC1)C2.Cc1cnc2c(oc3ccccc32)c1-c1cc2c(c[n+]1C)CCC1(CCCCC1)C2. The van der Waals surface area contributed by atoms with Crippen LogP contribution < -0.4 is 22.8 Å². The summed E-state index contributed by atoms with van der Waals surface area (Å²) < 4.78 is 43.6. The van der Waals surface area contributed by atoms with E-state index in [2.05, 4.69) is 292 Å². The lowest BCUT2D eigenvalue weighted by Gasteiger charge is -2.41. The highest BCUT2D eigenvalue weighted by molar-refractivity contribution is 6.14. The number of nitrogens with zero attached hydrogens (tertiary/aromatic N) is 8. The molecule has 10 aliphatic rings. The number of hydrogen-bond acceptors (Lipinski definition) is 8. The Kier molecular flexibility index (Phi) is 22.9. The van der Waals surface area contributed by atoms with Gasteiger partial charge in [0, 0.05) is 124 Å². The smallest absolute Gasteiger partial charge is 0.227 e. The molecule has 5 fully saturated rings. The average molecular weight is 1930 g/mol. The second-order valence-corrected chi connectivity index (χ2v) is 47.3. The molecule has 0 atom stereocenters. The van der Waals surface area contributed by atoms with Crippen LogP contribution >= 0.6 is 0 Å². The van der Waals surface area contributed by atoms with Gasteiger partial charge in [0.05, 0.1) is 34.0 Å². The lowest BCUT2D eigenvalue weighted by atomic mass is 9.64. The number of pyridine rings is 8. The van der Waals surface area contributed by atoms with Crippen molar-refractivity contribution in [1.82, 2.24) is 15.0 Å². The van der Waals surface area contributed by atoms with Gasteiger partial charge in [-0.3, -0.25) is 9.97 Å². The molecule has 20 aromatic rings. The van der Waals surface area contributed by atoms with Gasteiger partial charge in [-0.05, 0) is 315 Å². The van der Waals surface area contributed by atoms with Gasteiger partial charge >= 0.3 is 0 Å². The van der Waals surface area contributed by atoms with Crippen LogP contribution in [0.4, 0.5) is 0 Å². The first-order chi connectivity index (χ1) is 71.0. The number of fused-ring (bicyclic) bond motifs is 20. The third-order valence-electron chi connectivity index (χ3n) is 37.8. The number of benzene rings is 7. The van der Waals surface area contributed by atoms with Crippen molar-refractivity contribution in [2.24, 2.45) is 62.3 Å². The van der Waals surface area contributed by atoms with Crippen LogP contribution in [0.1, 0.15) is 249 Å². The van der Waals surface area contributed by atoms with Crippen LogP contribution in [0, 0.1) is 75.5 Å². The molecule has 5 spiro atoms. The molecule has 0 aliphatic heterocycles. The first-order valence-corrected chi connectivity index (χ1v) is 55.2. The highest BCUT2D eigenvalue weighted by Crippen LogP contribution is 2.58. The van der Waals surface area contributed by atoms with Gasteiger partial charge < -0.3 is 22.1 Å². The molecule has 5 saturated carbocycles.